The standard InChI is InChI=1S/C11H21NO/c1-10(2)3-4-11(8-10)5-6-12-9(11)7-13/h9,12-13H,3-8H2,1-2H3. The molecule has 2 rings (SSSR count). The van der Waals surface area contributed by atoms with Crippen LogP contribution in [-0.2, 0) is 0 Å². The molecule has 0 amide bonds. The summed E-state index contributed by atoms with van der Waals surface area (Å²) in [5.41, 5.74) is 0.928. The third-order valence-electron chi connectivity index (χ3n) is 4.07. The highest BCUT2D eigenvalue weighted by Crippen LogP contribution is 2.54. The Morgan fingerprint density at radius 3 is 2.62 bits per heavy atom. The van der Waals surface area contributed by atoms with E-state index in [9.17, 15) is 5.11 Å². The first-order valence-electron chi connectivity index (χ1n) is 5.42. The molecule has 1 aliphatic heterocycles. The lowest BCUT2D eigenvalue weighted by Gasteiger charge is -2.31. The molecule has 1 saturated carbocycles. The summed E-state index contributed by atoms with van der Waals surface area (Å²) in [5.74, 6) is 0. The van der Waals surface area contributed by atoms with Crippen molar-refractivity contribution in [1.82, 2.24) is 5.32 Å². The van der Waals surface area contributed by atoms with Crippen molar-refractivity contribution in [2.24, 2.45) is 10.8 Å². The third kappa shape index (κ3) is 1.50. The van der Waals surface area contributed by atoms with E-state index in [1.165, 1.54) is 25.7 Å². The molecule has 1 spiro atoms. The quantitative estimate of drug-likeness (QED) is 0.646. The van der Waals surface area contributed by atoms with Gasteiger partial charge in [-0.15, -0.1) is 0 Å². The molecule has 2 unspecified atom stereocenters. The van der Waals surface area contributed by atoms with Crippen LogP contribution in [-0.4, -0.2) is 24.3 Å². The van der Waals surface area contributed by atoms with Gasteiger partial charge in [0.2, 0.25) is 0 Å². The first-order chi connectivity index (χ1) is 6.08. The summed E-state index contributed by atoms with van der Waals surface area (Å²) in [6.07, 6.45) is 5.18. The minimum atomic E-state index is 0.316. The first kappa shape index (κ1) is 9.47. The zero-order valence-electron chi connectivity index (χ0n) is 8.77. The van der Waals surface area contributed by atoms with Gasteiger partial charge in [-0.3, -0.25) is 0 Å². The van der Waals surface area contributed by atoms with Crippen molar-refractivity contribution in [1.29, 1.82) is 0 Å². The molecule has 0 bridgehead atoms. The summed E-state index contributed by atoms with van der Waals surface area (Å²) in [4.78, 5) is 0. The minimum absolute atomic E-state index is 0.316. The fourth-order valence-corrected chi connectivity index (χ4v) is 3.37. The Bertz CT molecular complexity index is 202. The number of hydrogen-bond acceptors (Lipinski definition) is 2. The van der Waals surface area contributed by atoms with E-state index in [1.54, 1.807) is 0 Å². The molecule has 2 atom stereocenters. The van der Waals surface area contributed by atoms with E-state index in [0.29, 0.717) is 23.5 Å². The van der Waals surface area contributed by atoms with Crippen molar-refractivity contribution in [3.63, 3.8) is 0 Å². The average Bonchev–Trinajstić information content (AvgIpc) is 2.57. The summed E-state index contributed by atoms with van der Waals surface area (Å²) < 4.78 is 0. The fraction of sp³-hybridized carbons (Fsp3) is 1.00. The number of rotatable bonds is 1. The van der Waals surface area contributed by atoms with E-state index in [-0.39, 0.29) is 0 Å². The number of aliphatic hydroxyl groups excluding tert-OH is 1. The van der Waals surface area contributed by atoms with Crippen LogP contribution in [0, 0.1) is 10.8 Å². The molecular weight excluding hydrogens is 162 g/mol. The molecule has 0 aromatic heterocycles. The van der Waals surface area contributed by atoms with Crippen LogP contribution >= 0.6 is 0 Å². The lowest BCUT2D eigenvalue weighted by atomic mass is 9.76. The highest BCUT2D eigenvalue weighted by atomic mass is 16.3. The molecule has 1 saturated heterocycles. The number of aliphatic hydroxyl groups is 1. The van der Waals surface area contributed by atoms with Gasteiger partial charge >= 0.3 is 0 Å². The second kappa shape index (κ2) is 2.96. The lowest BCUT2D eigenvalue weighted by Crippen LogP contribution is -2.38. The predicted octanol–water partition coefficient (Wildman–Crippen LogP) is 1.54. The maximum absolute atomic E-state index is 9.30. The van der Waals surface area contributed by atoms with Crippen LogP contribution < -0.4 is 5.32 Å². The van der Waals surface area contributed by atoms with E-state index < -0.39 is 0 Å². The van der Waals surface area contributed by atoms with Gasteiger partial charge in [0.05, 0.1) is 6.61 Å². The molecule has 2 N–H and O–H groups in total. The average molecular weight is 183 g/mol. The second-order valence-electron chi connectivity index (χ2n) is 5.64. The molecule has 0 aromatic carbocycles. The summed E-state index contributed by atoms with van der Waals surface area (Å²) in [6, 6.07) is 0.370. The van der Waals surface area contributed by atoms with Gasteiger partial charge in [0, 0.05) is 6.04 Å². The normalized spacial score (nSPS) is 43.2. The lowest BCUT2D eigenvalue weighted by molar-refractivity contribution is 0.149. The van der Waals surface area contributed by atoms with Gasteiger partial charge in [0.25, 0.3) is 0 Å². The van der Waals surface area contributed by atoms with E-state index in [0.717, 1.165) is 6.54 Å². The Morgan fingerprint density at radius 1 is 1.31 bits per heavy atom. The smallest absolute Gasteiger partial charge is 0.0590 e. The highest BCUT2D eigenvalue weighted by Gasteiger charge is 2.49. The fourth-order valence-electron chi connectivity index (χ4n) is 3.37. The molecule has 76 valence electrons. The van der Waals surface area contributed by atoms with Gasteiger partial charge < -0.3 is 10.4 Å². The van der Waals surface area contributed by atoms with Crippen molar-refractivity contribution < 1.29 is 5.11 Å². The van der Waals surface area contributed by atoms with Crippen LogP contribution in [0.25, 0.3) is 0 Å². The van der Waals surface area contributed by atoms with Crippen molar-refractivity contribution in [2.45, 2.75) is 45.6 Å². The van der Waals surface area contributed by atoms with Crippen molar-refractivity contribution in [3.8, 4) is 0 Å². The maximum atomic E-state index is 9.30. The zero-order valence-corrected chi connectivity index (χ0v) is 8.77. The Hall–Kier alpha value is -0.0800. The molecular formula is C11H21NO. The van der Waals surface area contributed by atoms with Gasteiger partial charge in [-0.25, -0.2) is 0 Å². The van der Waals surface area contributed by atoms with Gasteiger partial charge in [0.1, 0.15) is 0 Å². The van der Waals surface area contributed by atoms with Gasteiger partial charge in [-0.2, -0.15) is 0 Å². The SMILES string of the molecule is CC1(C)CCC2(CCNC2CO)C1. The van der Waals surface area contributed by atoms with E-state index >= 15 is 0 Å². The summed E-state index contributed by atoms with van der Waals surface area (Å²) in [6.45, 7) is 6.13. The van der Waals surface area contributed by atoms with Crippen molar-refractivity contribution >= 4 is 0 Å². The Kier molecular flexibility index (Phi) is 2.16. The van der Waals surface area contributed by atoms with Crippen LogP contribution in [0.4, 0.5) is 0 Å². The Labute approximate surface area is 80.7 Å². The molecule has 2 heteroatoms. The molecule has 2 aliphatic rings. The summed E-state index contributed by atoms with van der Waals surface area (Å²) in [5, 5.41) is 12.7. The molecule has 0 aromatic rings. The number of nitrogens with one attached hydrogen (secondary N) is 1. The molecule has 2 fully saturated rings. The Morgan fingerprint density at radius 2 is 2.08 bits per heavy atom. The van der Waals surface area contributed by atoms with Crippen LogP contribution in [0.3, 0.4) is 0 Å². The largest absolute Gasteiger partial charge is 0.395 e. The minimum Gasteiger partial charge on any atom is -0.395 e. The van der Waals surface area contributed by atoms with E-state index in [2.05, 4.69) is 19.2 Å². The third-order valence-corrected chi connectivity index (χ3v) is 4.07. The molecule has 1 heterocycles. The predicted molar refractivity (Wildman–Crippen MR) is 53.6 cm³/mol. The maximum Gasteiger partial charge on any atom is 0.0590 e. The highest BCUT2D eigenvalue weighted by molar-refractivity contribution is 5.03. The Balaban J connectivity index is 2.13. The number of hydrogen-bond donors (Lipinski definition) is 2. The molecule has 2 nitrogen and oxygen atoms in total. The van der Waals surface area contributed by atoms with Gasteiger partial charge in [-0.05, 0) is 43.1 Å². The molecule has 0 radical (unpaired) electrons. The molecule has 13 heavy (non-hydrogen) atoms. The van der Waals surface area contributed by atoms with E-state index in [1.807, 2.05) is 0 Å². The van der Waals surface area contributed by atoms with Crippen molar-refractivity contribution in [2.75, 3.05) is 13.2 Å². The van der Waals surface area contributed by atoms with Gasteiger partial charge in [0.15, 0.2) is 0 Å². The van der Waals surface area contributed by atoms with Crippen molar-refractivity contribution in [3.05, 3.63) is 0 Å². The topological polar surface area (TPSA) is 32.3 Å². The van der Waals surface area contributed by atoms with E-state index in [4.69, 9.17) is 0 Å². The first-order valence-corrected chi connectivity index (χ1v) is 5.42. The zero-order chi connectivity index (χ0) is 9.53. The second-order valence-corrected chi connectivity index (χ2v) is 5.64. The van der Waals surface area contributed by atoms with Gasteiger partial charge in [-0.1, -0.05) is 13.8 Å². The monoisotopic (exact) mass is 183 g/mol. The van der Waals surface area contributed by atoms with Crippen LogP contribution in [0.1, 0.15) is 39.5 Å². The van der Waals surface area contributed by atoms with Crippen LogP contribution in [0.15, 0.2) is 0 Å². The molecule has 1 aliphatic carbocycles. The van der Waals surface area contributed by atoms with Crippen LogP contribution in [0.2, 0.25) is 0 Å². The summed E-state index contributed by atoms with van der Waals surface area (Å²) in [7, 11) is 0. The van der Waals surface area contributed by atoms with Crippen LogP contribution in [0.5, 0.6) is 0 Å². The summed E-state index contributed by atoms with van der Waals surface area (Å²) >= 11 is 0.